The van der Waals surface area contributed by atoms with Gasteiger partial charge in [-0.05, 0) is 0 Å². The Morgan fingerprint density at radius 2 is 1.57 bits per heavy atom. The van der Waals surface area contributed by atoms with E-state index in [-0.39, 0.29) is 17.9 Å². The second-order valence-electron chi connectivity index (χ2n) is 5.98. The van der Waals surface area contributed by atoms with Crippen LogP contribution in [-0.4, -0.2) is 84.4 Å². The van der Waals surface area contributed by atoms with Crippen LogP contribution in [0.5, 0.6) is 0 Å². The number of morpholine rings is 1. The maximum absolute atomic E-state index is 14.6. The molecule has 114 valence electrons. The first-order valence-corrected chi connectivity index (χ1v) is 7.45. The molecule has 21 heavy (non-hydrogen) atoms. The van der Waals surface area contributed by atoms with E-state index in [2.05, 4.69) is 0 Å². The monoisotopic (exact) mass is 295 g/mol. The highest BCUT2D eigenvalue weighted by molar-refractivity contribution is 6.15. The van der Waals surface area contributed by atoms with Gasteiger partial charge in [0.25, 0.3) is 0 Å². The third-order valence-electron chi connectivity index (χ3n) is 4.71. The number of carbonyl (C=O) groups is 2. The third-order valence-corrected chi connectivity index (χ3v) is 4.71. The smallest absolute Gasteiger partial charge is 0.228 e. The van der Waals surface area contributed by atoms with Gasteiger partial charge in [-0.1, -0.05) is 0 Å². The zero-order valence-corrected chi connectivity index (χ0v) is 11.8. The van der Waals surface area contributed by atoms with Crippen LogP contribution in [0.3, 0.4) is 0 Å². The van der Waals surface area contributed by atoms with E-state index < -0.39 is 17.3 Å². The summed E-state index contributed by atoms with van der Waals surface area (Å²) >= 11 is 0. The zero-order chi connectivity index (χ0) is 14.6. The molecule has 4 rings (SSSR count). The second kappa shape index (κ2) is 4.59. The normalized spacial score (nSPS) is 34.6. The van der Waals surface area contributed by atoms with E-state index in [9.17, 15) is 14.0 Å². The highest BCUT2D eigenvalue weighted by Crippen LogP contribution is 2.41. The SMILES string of the molecule is O=C1CC(N2CCOCC2)(N2CC2)C(=O)C(F)=C1N1CC1. The van der Waals surface area contributed by atoms with E-state index in [0.29, 0.717) is 39.4 Å². The Balaban J connectivity index is 1.74. The summed E-state index contributed by atoms with van der Waals surface area (Å²) in [6, 6.07) is 0. The number of Topliss-reactive ketones (excluding diaryl/α,β-unsaturated/α-hetero) is 2. The highest BCUT2D eigenvalue weighted by atomic mass is 19.1. The molecule has 3 saturated heterocycles. The second-order valence-corrected chi connectivity index (χ2v) is 5.98. The van der Waals surface area contributed by atoms with E-state index in [0.717, 1.165) is 13.1 Å². The van der Waals surface area contributed by atoms with Crippen molar-refractivity contribution in [2.45, 2.75) is 12.1 Å². The van der Waals surface area contributed by atoms with Crippen LogP contribution in [-0.2, 0) is 14.3 Å². The summed E-state index contributed by atoms with van der Waals surface area (Å²) in [7, 11) is 0. The molecular formula is C14H18FN3O3. The molecule has 0 aromatic heterocycles. The molecule has 0 amide bonds. The first-order valence-electron chi connectivity index (χ1n) is 7.45. The molecule has 0 aromatic carbocycles. The van der Waals surface area contributed by atoms with Gasteiger partial charge in [-0.2, -0.15) is 0 Å². The Kier molecular flexibility index (Phi) is 2.92. The zero-order valence-electron chi connectivity index (χ0n) is 11.8. The molecule has 0 spiro atoms. The van der Waals surface area contributed by atoms with E-state index in [1.807, 2.05) is 9.80 Å². The Labute approximate surface area is 122 Å². The number of ether oxygens (including phenoxy) is 1. The fraction of sp³-hybridized carbons (Fsp3) is 0.714. The minimum atomic E-state index is -1.11. The van der Waals surface area contributed by atoms with Crippen molar-refractivity contribution in [1.29, 1.82) is 0 Å². The molecule has 7 heteroatoms. The molecular weight excluding hydrogens is 277 g/mol. The fourth-order valence-electron chi connectivity index (χ4n) is 3.45. The molecule has 3 heterocycles. The number of hydrogen-bond acceptors (Lipinski definition) is 6. The Morgan fingerprint density at radius 3 is 2.14 bits per heavy atom. The maximum Gasteiger partial charge on any atom is 0.228 e. The maximum atomic E-state index is 14.6. The molecule has 0 aromatic rings. The summed E-state index contributed by atoms with van der Waals surface area (Å²) in [5.74, 6) is -1.63. The predicted molar refractivity (Wildman–Crippen MR) is 71.0 cm³/mol. The Morgan fingerprint density at radius 1 is 0.952 bits per heavy atom. The first kappa shape index (κ1) is 13.4. The molecule has 1 unspecified atom stereocenters. The summed E-state index contributed by atoms with van der Waals surface area (Å²) in [6.07, 6.45) is 0.0606. The fourth-order valence-corrected chi connectivity index (χ4v) is 3.45. The highest BCUT2D eigenvalue weighted by Gasteiger charge is 2.59. The summed E-state index contributed by atoms with van der Waals surface area (Å²) in [6.45, 7) is 4.95. The molecule has 1 aliphatic carbocycles. The van der Waals surface area contributed by atoms with E-state index in [1.165, 1.54) is 0 Å². The summed E-state index contributed by atoms with van der Waals surface area (Å²) < 4.78 is 19.9. The van der Waals surface area contributed by atoms with Crippen LogP contribution in [0.1, 0.15) is 6.42 Å². The van der Waals surface area contributed by atoms with Gasteiger partial charge in [0.2, 0.25) is 5.78 Å². The van der Waals surface area contributed by atoms with Crippen LogP contribution in [0.2, 0.25) is 0 Å². The van der Waals surface area contributed by atoms with Crippen molar-refractivity contribution in [3.05, 3.63) is 11.5 Å². The quantitative estimate of drug-likeness (QED) is 0.646. The predicted octanol–water partition coefficient (Wildman–Crippen LogP) is -0.631. The van der Waals surface area contributed by atoms with E-state index >= 15 is 0 Å². The minimum Gasteiger partial charge on any atom is -0.379 e. The van der Waals surface area contributed by atoms with Crippen LogP contribution >= 0.6 is 0 Å². The van der Waals surface area contributed by atoms with Crippen molar-refractivity contribution in [2.75, 3.05) is 52.5 Å². The minimum absolute atomic E-state index is 0.00531. The largest absolute Gasteiger partial charge is 0.379 e. The lowest BCUT2D eigenvalue weighted by Gasteiger charge is -2.46. The molecule has 0 bridgehead atoms. The van der Waals surface area contributed by atoms with Crippen LogP contribution in [0.4, 0.5) is 4.39 Å². The number of rotatable bonds is 3. The molecule has 4 aliphatic rings. The number of halogens is 1. The van der Waals surface area contributed by atoms with Crippen LogP contribution in [0, 0.1) is 0 Å². The number of carbonyl (C=O) groups excluding carboxylic acids is 2. The molecule has 1 atom stereocenters. The lowest BCUT2D eigenvalue weighted by atomic mass is 9.86. The molecule has 3 fully saturated rings. The molecule has 6 nitrogen and oxygen atoms in total. The van der Waals surface area contributed by atoms with Crippen molar-refractivity contribution in [3.8, 4) is 0 Å². The van der Waals surface area contributed by atoms with Crippen molar-refractivity contribution in [2.24, 2.45) is 0 Å². The summed E-state index contributed by atoms with van der Waals surface area (Å²) in [4.78, 5) is 30.7. The average molecular weight is 295 g/mol. The van der Waals surface area contributed by atoms with Crippen molar-refractivity contribution >= 4 is 11.6 Å². The Hall–Kier alpha value is -1.31. The summed E-state index contributed by atoms with van der Waals surface area (Å²) in [5.41, 5.74) is -1.10. The lowest BCUT2D eigenvalue weighted by molar-refractivity contribution is -0.150. The van der Waals surface area contributed by atoms with Gasteiger partial charge in [-0.3, -0.25) is 19.4 Å². The van der Waals surface area contributed by atoms with Crippen LogP contribution in [0.25, 0.3) is 0 Å². The third kappa shape index (κ3) is 1.95. The van der Waals surface area contributed by atoms with Gasteiger partial charge >= 0.3 is 0 Å². The van der Waals surface area contributed by atoms with Gasteiger partial charge in [0.15, 0.2) is 11.6 Å². The van der Waals surface area contributed by atoms with Gasteiger partial charge in [0.05, 0.1) is 19.6 Å². The molecule has 0 radical (unpaired) electrons. The number of allylic oxidation sites excluding steroid dienone is 1. The van der Waals surface area contributed by atoms with Gasteiger partial charge in [-0.25, -0.2) is 4.39 Å². The first-order chi connectivity index (χ1) is 10.1. The Bertz CT molecular complexity index is 536. The molecule has 3 aliphatic heterocycles. The number of hydrogen-bond donors (Lipinski definition) is 0. The molecule has 0 N–H and O–H groups in total. The number of nitrogens with zero attached hydrogens (tertiary/aromatic N) is 3. The standard InChI is InChI=1S/C14H18FN3O3/c15-11-12(16-1-2-16)10(19)9-14(13(11)20,17-3-4-17)18-5-7-21-8-6-18/h1-9H2. The average Bonchev–Trinajstić information content (AvgIpc) is 3.36. The lowest BCUT2D eigenvalue weighted by Crippen LogP contribution is -2.65. The molecule has 0 saturated carbocycles. The van der Waals surface area contributed by atoms with Gasteiger partial charge < -0.3 is 9.64 Å². The van der Waals surface area contributed by atoms with Crippen molar-refractivity contribution in [1.82, 2.24) is 14.7 Å². The van der Waals surface area contributed by atoms with Crippen LogP contribution < -0.4 is 0 Å². The number of ketones is 2. The van der Waals surface area contributed by atoms with Gasteiger partial charge in [0, 0.05) is 39.3 Å². The van der Waals surface area contributed by atoms with Crippen molar-refractivity contribution < 1.29 is 18.7 Å². The van der Waals surface area contributed by atoms with E-state index in [1.54, 1.807) is 4.90 Å². The topological polar surface area (TPSA) is 52.6 Å². The van der Waals surface area contributed by atoms with Gasteiger partial charge in [0.1, 0.15) is 11.4 Å². The van der Waals surface area contributed by atoms with Gasteiger partial charge in [-0.15, -0.1) is 0 Å². The summed E-state index contributed by atoms with van der Waals surface area (Å²) in [5, 5.41) is 0. The van der Waals surface area contributed by atoms with Crippen LogP contribution in [0.15, 0.2) is 11.5 Å². The van der Waals surface area contributed by atoms with E-state index in [4.69, 9.17) is 4.74 Å². The van der Waals surface area contributed by atoms with Crippen molar-refractivity contribution in [3.63, 3.8) is 0 Å².